The van der Waals surface area contributed by atoms with Crippen molar-refractivity contribution in [3.05, 3.63) is 58.6 Å². The first kappa shape index (κ1) is 19.4. The highest BCUT2D eigenvalue weighted by molar-refractivity contribution is 7.89. The summed E-state index contributed by atoms with van der Waals surface area (Å²) in [5, 5.41) is 2.88. The molecule has 1 amide bonds. The van der Waals surface area contributed by atoms with Crippen LogP contribution in [0.15, 0.2) is 56.6 Å². The molecule has 0 unspecified atom stereocenters. The second-order valence-corrected chi connectivity index (χ2v) is 9.17. The molecule has 1 atom stereocenters. The first-order valence-electron chi connectivity index (χ1n) is 9.33. The lowest BCUT2D eigenvalue weighted by molar-refractivity contribution is -0.120. The minimum absolute atomic E-state index is 0.0347. The van der Waals surface area contributed by atoms with Gasteiger partial charge in [0.2, 0.25) is 15.9 Å². The lowest BCUT2D eigenvalue weighted by atomic mass is 9.98. The van der Waals surface area contributed by atoms with Crippen LogP contribution >= 0.6 is 0 Å². The Morgan fingerprint density at radius 2 is 2.07 bits per heavy atom. The molecule has 2 aromatic carbocycles. The monoisotopic (exact) mass is 415 g/mol. The van der Waals surface area contributed by atoms with Crippen LogP contribution in [0.25, 0.3) is 11.1 Å². The lowest BCUT2D eigenvalue weighted by Gasteiger charge is -2.31. The smallest absolute Gasteiger partial charge is 0.408 e. The molecule has 2 heterocycles. The van der Waals surface area contributed by atoms with Crippen molar-refractivity contribution in [1.82, 2.24) is 9.29 Å². The maximum Gasteiger partial charge on any atom is 0.417 e. The van der Waals surface area contributed by atoms with Crippen molar-refractivity contribution in [2.75, 3.05) is 18.4 Å². The van der Waals surface area contributed by atoms with Crippen LogP contribution in [-0.2, 0) is 14.8 Å². The Hall–Kier alpha value is -2.91. The molecule has 3 aromatic rings. The fourth-order valence-corrected chi connectivity index (χ4v) is 5.12. The van der Waals surface area contributed by atoms with E-state index in [-0.39, 0.29) is 22.9 Å². The van der Waals surface area contributed by atoms with Gasteiger partial charge in [0.1, 0.15) is 0 Å². The van der Waals surface area contributed by atoms with Crippen molar-refractivity contribution in [2.24, 2.45) is 5.92 Å². The largest absolute Gasteiger partial charge is 0.417 e. The summed E-state index contributed by atoms with van der Waals surface area (Å²) in [5.41, 5.74) is 2.34. The Balaban J connectivity index is 1.53. The predicted molar refractivity (Wildman–Crippen MR) is 108 cm³/mol. The van der Waals surface area contributed by atoms with E-state index in [4.69, 9.17) is 4.42 Å². The molecule has 0 radical (unpaired) electrons. The second kappa shape index (κ2) is 7.49. The fraction of sp³-hybridized carbons (Fsp3) is 0.300. The number of aromatic nitrogens is 1. The molecule has 0 saturated carbocycles. The highest BCUT2D eigenvalue weighted by Gasteiger charge is 2.33. The first-order valence-corrected chi connectivity index (χ1v) is 10.8. The van der Waals surface area contributed by atoms with E-state index in [2.05, 4.69) is 10.3 Å². The van der Waals surface area contributed by atoms with Crippen molar-refractivity contribution < 1.29 is 17.6 Å². The molecule has 1 aliphatic heterocycles. The number of sulfonamides is 1. The maximum atomic E-state index is 13.1. The third-order valence-corrected chi connectivity index (χ3v) is 6.93. The number of hydrogen-bond acceptors (Lipinski definition) is 5. The van der Waals surface area contributed by atoms with Crippen molar-refractivity contribution in [3.63, 3.8) is 0 Å². The minimum atomic E-state index is -3.81. The number of nitrogens with one attached hydrogen (secondary N) is 2. The Morgan fingerprint density at radius 3 is 2.86 bits per heavy atom. The molecular formula is C20H21N3O5S. The molecule has 152 valence electrons. The summed E-state index contributed by atoms with van der Waals surface area (Å²) in [5.74, 6) is -1.27. The number of fused-ring (bicyclic) bond motifs is 1. The number of oxazole rings is 1. The third kappa shape index (κ3) is 3.96. The van der Waals surface area contributed by atoms with E-state index in [1.54, 1.807) is 0 Å². The van der Waals surface area contributed by atoms with Crippen LogP contribution in [-0.4, -0.2) is 36.7 Å². The number of piperidine rings is 1. The number of carbonyl (C=O) groups is 1. The Kier molecular flexibility index (Phi) is 5.01. The molecule has 1 fully saturated rings. The number of aromatic amines is 1. The molecule has 1 aliphatic rings. The van der Waals surface area contributed by atoms with Crippen LogP contribution in [0.2, 0.25) is 0 Å². The lowest BCUT2D eigenvalue weighted by Crippen LogP contribution is -2.43. The minimum Gasteiger partial charge on any atom is -0.408 e. The van der Waals surface area contributed by atoms with Gasteiger partial charge in [0.25, 0.3) is 0 Å². The van der Waals surface area contributed by atoms with Gasteiger partial charge >= 0.3 is 5.76 Å². The topological polar surface area (TPSA) is 112 Å². The summed E-state index contributed by atoms with van der Waals surface area (Å²) in [4.78, 5) is 26.5. The molecule has 0 spiro atoms. The second-order valence-electron chi connectivity index (χ2n) is 7.23. The number of hydrogen-bond donors (Lipinski definition) is 2. The van der Waals surface area contributed by atoms with Crippen LogP contribution in [0.3, 0.4) is 0 Å². The van der Waals surface area contributed by atoms with Gasteiger partial charge in [0, 0.05) is 24.8 Å². The van der Waals surface area contributed by atoms with Gasteiger partial charge < -0.3 is 9.73 Å². The van der Waals surface area contributed by atoms with Gasteiger partial charge in [-0.15, -0.1) is 0 Å². The van der Waals surface area contributed by atoms with Crippen LogP contribution in [0, 0.1) is 12.8 Å². The van der Waals surface area contributed by atoms with Gasteiger partial charge in [-0.25, -0.2) is 13.2 Å². The quantitative estimate of drug-likeness (QED) is 0.680. The SMILES string of the molecule is Cc1cccc(NC(=O)[C@@H]2CCCN(S(=O)(=O)c3ccc4[nH]c(=O)oc4c3)C2)c1. The number of amides is 1. The number of benzene rings is 2. The van der Waals surface area contributed by atoms with Crippen LogP contribution in [0.5, 0.6) is 0 Å². The Labute approximate surface area is 167 Å². The van der Waals surface area contributed by atoms with Crippen LogP contribution < -0.4 is 11.1 Å². The summed E-state index contributed by atoms with van der Waals surface area (Å²) >= 11 is 0. The highest BCUT2D eigenvalue weighted by Crippen LogP contribution is 2.26. The van der Waals surface area contributed by atoms with Crippen molar-refractivity contribution >= 4 is 32.7 Å². The number of H-pyrrole nitrogens is 1. The molecular weight excluding hydrogens is 394 g/mol. The Bertz CT molecular complexity index is 1230. The molecule has 8 nitrogen and oxygen atoms in total. The normalized spacial score (nSPS) is 18.0. The average Bonchev–Trinajstić information content (AvgIpc) is 3.07. The van der Waals surface area contributed by atoms with Crippen LogP contribution in [0.4, 0.5) is 5.69 Å². The van der Waals surface area contributed by atoms with Crippen molar-refractivity contribution in [3.8, 4) is 0 Å². The highest BCUT2D eigenvalue weighted by atomic mass is 32.2. The molecule has 0 aliphatic carbocycles. The van der Waals surface area contributed by atoms with E-state index < -0.39 is 21.7 Å². The number of nitrogens with zero attached hydrogens (tertiary/aromatic N) is 1. The fourth-order valence-electron chi connectivity index (χ4n) is 3.58. The number of rotatable bonds is 4. The summed E-state index contributed by atoms with van der Waals surface area (Å²) in [6.45, 7) is 2.38. The van der Waals surface area contributed by atoms with Gasteiger partial charge in [-0.2, -0.15) is 4.31 Å². The number of aryl methyl sites for hydroxylation is 1. The van der Waals surface area contributed by atoms with Gasteiger partial charge in [-0.3, -0.25) is 9.78 Å². The summed E-state index contributed by atoms with van der Waals surface area (Å²) in [6, 6.07) is 11.7. The zero-order valence-corrected chi connectivity index (χ0v) is 16.7. The molecule has 0 bridgehead atoms. The predicted octanol–water partition coefficient (Wildman–Crippen LogP) is 2.47. The first-order chi connectivity index (χ1) is 13.8. The van der Waals surface area contributed by atoms with E-state index in [1.807, 2.05) is 31.2 Å². The third-order valence-electron chi connectivity index (χ3n) is 5.07. The molecule has 2 N–H and O–H groups in total. The van der Waals surface area contributed by atoms with E-state index in [0.29, 0.717) is 30.6 Å². The zero-order chi connectivity index (χ0) is 20.6. The van der Waals surface area contributed by atoms with E-state index in [1.165, 1.54) is 22.5 Å². The molecule has 1 aromatic heterocycles. The number of carbonyl (C=O) groups excluding carboxylic acids is 1. The van der Waals surface area contributed by atoms with Crippen molar-refractivity contribution in [1.29, 1.82) is 0 Å². The summed E-state index contributed by atoms with van der Waals surface area (Å²) < 4.78 is 32.4. The van der Waals surface area contributed by atoms with E-state index >= 15 is 0 Å². The number of anilines is 1. The summed E-state index contributed by atoms with van der Waals surface area (Å²) in [6.07, 6.45) is 1.21. The Morgan fingerprint density at radius 1 is 1.24 bits per heavy atom. The van der Waals surface area contributed by atoms with Gasteiger partial charge in [0.05, 0.1) is 16.3 Å². The molecule has 9 heteroatoms. The van der Waals surface area contributed by atoms with Crippen molar-refractivity contribution in [2.45, 2.75) is 24.7 Å². The molecule has 4 rings (SSSR count). The molecule has 1 saturated heterocycles. The summed E-state index contributed by atoms with van der Waals surface area (Å²) in [7, 11) is -3.81. The van der Waals surface area contributed by atoms with Gasteiger partial charge in [-0.05, 0) is 49.6 Å². The van der Waals surface area contributed by atoms with E-state index in [9.17, 15) is 18.0 Å². The van der Waals surface area contributed by atoms with Gasteiger partial charge in [0.15, 0.2) is 5.58 Å². The zero-order valence-electron chi connectivity index (χ0n) is 15.8. The standard InChI is InChI=1S/C20H21N3O5S/c1-13-4-2-6-15(10-13)21-19(24)14-5-3-9-23(12-14)29(26,27)16-7-8-17-18(11-16)28-20(25)22-17/h2,4,6-8,10-11,14H,3,5,9,12H2,1H3,(H,21,24)(H,22,25)/t14-/m1/s1. The van der Waals surface area contributed by atoms with Crippen LogP contribution in [0.1, 0.15) is 18.4 Å². The average molecular weight is 415 g/mol. The van der Waals surface area contributed by atoms with Gasteiger partial charge in [-0.1, -0.05) is 12.1 Å². The van der Waals surface area contributed by atoms with E-state index in [0.717, 1.165) is 5.56 Å². The maximum absolute atomic E-state index is 13.1. The molecule has 29 heavy (non-hydrogen) atoms.